The van der Waals surface area contributed by atoms with Crippen LogP contribution >= 0.6 is 35.6 Å². The molecule has 152 valence electrons. The van der Waals surface area contributed by atoms with E-state index in [2.05, 4.69) is 6.92 Å². The quantitative estimate of drug-likeness (QED) is 0.366. The fourth-order valence-electron chi connectivity index (χ4n) is 2.74. The van der Waals surface area contributed by atoms with E-state index in [-0.39, 0.29) is 12.0 Å². The van der Waals surface area contributed by atoms with Crippen LogP contribution in [0.15, 0.2) is 47.4 Å². The number of benzene rings is 2. The summed E-state index contributed by atoms with van der Waals surface area (Å²) >= 11 is 12.8. The van der Waals surface area contributed by atoms with Gasteiger partial charge in [0.2, 0.25) is 0 Å². The van der Waals surface area contributed by atoms with Crippen molar-refractivity contribution < 1.29 is 14.3 Å². The third kappa shape index (κ3) is 5.13. The van der Waals surface area contributed by atoms with Gasteiger partial charge in [-0.2, -0.15) is 0 Å². The number of thiocarbonyl (C=S) groups is 1. The van der Waals surface area contributed by atoms with Crippen LogP contribution in [0, 0.1) is 0 Å². The van der Waals surface area contributed by atoms with Gasteiger partial charge < -0.3 is 9.47 Å². The molecule has 0 spiro atoms. The van der Waals surface area contributed by atoms with Gasteiger partial charge in [-0.3, -0.25) is 9.69 Å². The van der Waals surface area contributed by atoms with Gasteiger partial charge in [0.05, 0.1) is 23.3 Å². The standard InChI is InChI=1S/C22H22ClNO3S2/c1-4-14(3)27-18-10-9-15(11-19(18)26-5-2)12-20-21(25)24(22(28)29-20)17-8-6-7-16(23)13-17/h6-14H,4-5H2,1-3H3/b20-12-/t14-/m0/s1. The number of rotatable bonds is 7. The van der Waals surface area contributed by atoms with E-state index in [4.69, 9.17) is 33.3 Å². The summed E-state index contributed by atoms with van der Waals surface area (Å²) < 4.78 is 12.2. The lowest BCUT2D eigenvalue weighted by Crippen LogP contribution is -2.27. The molecule has 4 nitrogen and oxygen atoms in total. The van der Waals surface area contributed by atoms with Crippen molar-refractivity contribution in [1.29, 1.82) is 0 Å². The van der Waals surface area contributed by atoms with E-state index in [1.165, 1.54) is 16.7 Å². The van der Waals surface area contributed by atoms with Gasteiger partial charge in [0, 0.05) is 5.02 Å². The molecule has 1 saturated heterocycles. The SMILES string of the molecule is CCOc1cc(/C=C2\SC(=S)N(c3cccc(Cl)c3)C2=O)ccc1O[C@@H](C)CC. The molecule has 1 heterocycles. The fraction of sp³-hybridized carbons (Fsp3) is 0.273. The molecule has 1 aliphatic heterocycles. The summed E-state index contributed by atoms with van der Waals surface area (Å²) in [5.41, 5.74) is 1.51. The highest BCUT2D eigenvalue weighted by molar-refractivity contribution is 8.27. The Hall–Kier alpha value is -2.02. The molecule has 1 amide bonds. The first-order valence-electron chi connectivity index (χ1n) is 9.40. The molecular weight excluding hydrogens is 426 g/mol. The summed E-state index contributed by atoms with van der Waals surface area (Å²) in [5.74, 6) is 1.19. The predicted octanol–water partition coefficient (Wildman–Crippen LogP) is 6.32. The molecule has 0 radical (unpaired) electrons. The smallest absolute Gasteiger partial charge is 0.270 e. The Kier molecular flexibility index (Phi) is 7.22. The molecule has 3 rings (SSSR count). The minimum absolute atomic E-state index is 0.0917. The average Bonchev–Trinajstić information content (AvgIpc) is 2.97. The van der Waals surface area contributed by atoms with Crippen LogP contribution in [0.25, 0.3) is 6.08 Å². The Bertz CT molecular complexity index is 961. The van der Waals surface area contributed by atoms with Crippen molar-refractivity contribution >= 4 is 57.6 Å². The van der Waals surface area contributed by atoms with Crippen LogP contribution < -0.4 is 14.4 Å². The van der Waals surface area contributed by atoms with Crippen molar-refractivity contribution in [2.24, 2.45) is 0 Å². The van der Waals surface area contributed by atoms with Crippen LogP contribution in [0.3, 0.4) is 0 Å². The van der Waals surface area contributed by atoms with E-state index in [1.54, 1.807) is 18.2 Å². The maximum Gasteiger partial charge on any atom is 0.270 e. The zero-order chi connectivity index (χ0) is 21.0. The molecule has 0 aromatic heterocycles. The maximum absolute atomic E-state index is 12.9. The van der Waals surface area contributed by atoms with E-state index >= 15 is 0 Å². The van der Waals surface area contributed by atoms with Crippen molar-refractivity contribution in [3.8, 4) is 11.5 Å². The largest absolute Gasteiger partial charge is 0.490 e. The highest BCUT2D eigenvalue weighted by Crippen LogP contribution is 2.38. The van der Waals surface area contributed by atoms with E-state index in [9.17, 15) is 4.79 Å². The molecule has 0 unspecified atom stereocenters. The van der Waals surface area contributed by atoms with Gasteiger partial charge in [-0.1, -0.05) is 54.6 Å². The minimum Gasteiger partial charge on any atom is -0.490 e. The highest BCUT2D eigenvalue weighted by Gasteiger charge is 2.33. The molecule has 0 saturated carbocycles. The summed E-state index contributed by atoms with van der Waals surface area (Å²) in [6.07, 6.45) is 2.81. The highest BCUT2D eigenvalue weighted by atomic mass is 35.5. The van der Waals surface area contributed by atoms with Crippen LogP contribution in [-0.2, 0) is 4.79 Å². The third-order valence-electron chi connectivity index (χ3n) is 4.33. The number of thioether (sulfide) groups is 1. The first-order chi connectivity index (χ1) is 13.9. The number of hydrogen-bond acceptors (Lipinski definition) is 5. The summed E-state index contributed by atoms with van der Waals surface area (Å²) in [5, 5.41) is 0.554. The second-order valence-corrected chi connectivity index (χ2v) is 8.59. The topological polar surface area (TPSA) is 38.8 Å². The number of ether oxygens (including phenoxy) is 2. The average molecular weight is 448 g/mol. The summed E-state index contributed by atoms with van der Waals surface area (Å²) in [6.45, 7) is 6.54. The summed E-state index contributed by atoms with van der Waals surface area (Å²) in [6, 6.07) is 12.8. The molecule has 2 aromatic carbocycles. The molecule has 1 atom stereocenters. The molecule has 0 bridgehead atoms. The van der Waals surface area contributed by atoms with Crippen molar-refractivity contribution in [1.82, 2.24) is 0 Å². The number of anilines is 1. The second kappa shape index (κ2) is 9.65. The number of halogens is 1. The van der Waals surface area contributed by atoms with Crippen molar-refractivity contribution in [3.05, 3.63) is 58.0 Å². The molecule has 2 aromatic rings. The minimum atomic E-state index is -0.167. The molecule has 1 aliphatic rings. The van der Waals surface area contributed by atoms with Crippen LogP contribution in [-0.4, -0.2) is 22.9 Å². The van der Waals surface area contributed by atoms with Crippen LogP contribution in [0.2, 0.25) is 5.02 Å². The zero-order valence-corrected chi connectivity index (χ0v) is 18.9. The fourth-order valence-corrected chi connectivity index (χ4v) is 4.22. The Morgan fingerprint density at radius 3 is 2.69 bits per heavy atom. The molecule has 0 aliphatic carbocycles. The lowest BCUT2D eigenvalue weighted by molar-refractivity contribution is -0.113. The third-order valence-corrected chi connectivity index (χ3v) is 5.87. The first kappa shape index (κ1) is 21.7. The van der Waals surface area contributed by atoms with E-state index in [0.717, 1.165) is 12.0 Å². The Balaban J connectivity index is 1.88. The van der Waals surface area contributed by atoms with Crippen molar-refractivity contribution in [2.45, 2.75) is 33.3 Å². The maximum atomic E-state index is 12.9. The van der Waals surface area contributed by atoms with Crippen molar-refractivity contribution in [2.75, 3.05) is 11.5 Å². The second-order valence-electron chi connectivity index (χ2n) is 6.47. The summed E-state index contributed by atoms with van der Waals surface area (Å²) in [7, 11) is 0. The number of nitrogens with zero attached hydrogens (tertiary/aromatic N) is 1. The molecule has 0 N–H and O–H groups in total. The number of amides is 1. The Labute approximate surface area is 185 Å². The Morgan fingerprint density at radius 2 is 2.00 bits per heavy atom. The summed E-state index contributed by atoms with van der Waals surface area (Å²) in [4.78, 5) is 15.0. The van der Waals surface area contributed by atoms with Gasteiger partial charge in [0.1, 0.15) is 0 Å². The van der Waals surface area contributed by atoms with E-state index in [1.807, 2.05) is 44.2 Å². The number of carbonyl (C=O) groups excluding carboxylic acids is 1. The van der Waals surface area contributed by atoms with E-state index < -0.39 is 0 Å². The lowest BCUT2D eigenvalue weighted by atomic mass is 10.1. The van der Waals surface area contributed by atoms with Crippen molar-refractivity contribution in [3.63, 3.8) is 0 Å². The predicted molar refractivity (Wildman–Crippen MR) is 125 cm³/mol. The first-order valence-corrected chi connectivity index (χ1v) is 11.0. The Morgan fingerprint density at radius 1 is 1.21 bits per heavy atom. The van der Waals surface area contributed by atoms with Crippen LogP contribution in [0.5, 0.6) is 11.5 Å². The van der Waals surface area contributed by atoms with Gasteiger partial charge >= 0.3 is 0 Å². The molecule has 7 heteroatoms. The van der Waals surface area contributed by atoms with Gasteiger partial charge in [0.25, 0.3) is 5.91 Å². The lowest BCUT2D eigenvalue weighted by Gasteiger charge is -2.16. The molecule has 1 fully saturated rings. The molecular formula is C22H22ClNO3S2. The number of hydrogen-bond donors (Lipinski definition) is 0. The van der Waals surface area contributed by atoms with Gasteiger partial charge in [0.15, 0.2) is 15.8 Å². The van der Waals surface area contributed by atoms with E-state index in [0.29, 0.717) is 38.0 Å². The monoisotopic (exact) mass is 447 g/mol. The number of carbonyl (C=O) groups is 1. The van der Waals surface area contributed by atoms with Crippen LogP contribution in [0.4, 0.5) is 5.69 Å². The van der Waals surface area contributed by atoms with Gasteiger partial charge in [-0.05, 0) is 62.2 Å². The molecule has 29 heavy (non-hydrogen) atoms. The zero-order valence-electron chi connectivity index (χ0n) is 16.5. The normalized spacial score (nSPS) is 16.4. The van der Waals surface area contributed by atoms with Gasteiger partial charge in [-0.15, -0.1) is 0 Å². The van der Waals surface area contributed by atoms with Gasteiger partial charge in [-0.25, -0.2) is 0 Å². The van der Waals surface area contributed by atoms with Crippen LogP contribution in [0.1, 0.15) is 32.8 Å².